The molecule has 0 N–H and O–H groups in total. The summed E-state index contributed by atoms with van der Waals surface area (Å²) >= 11 is 0. The van der Waals surface area contributed by atoms with E-state index in [0.29, 0.717) is 12.2 Å². The van der Waals surface area contributed by atoms with Crippen LogP contribution in [0.2, 0.25) is 0 Å². The van der Waals surface area contributed by atoms with Crippen LogP contribution in [0.5, 0.6) is 0 Å². The number of esters is 1. The van der Waals surface area contributed by atoms with E-state index in [1.807, 2.05) is 19.1 Å². The van der Waals surface area contributed by atoms with E-state index in [2.05, 4.69) is 19.1 Å². The Morgan fingerprint density at radius 3 is 2.17 bits per heavy atom. The van der Waals surface area contributed by atoms with Crippen molar-refractivity contribution in [3.63, 3.8) is 0 Å². The zero-order valence-corrected chi connectivity index (χ0v) is 15.6. The molecule has 1 aliphatic rings. The van der Waals surface area contributed by atoms with Gasteiger partial charge >= 0.3 is 5.97 Å². The van der Waals surface area contributed by atoms with E-state index in [9.17, 15) is 4.79 Å². The van der Waals surface area contributed by atoms with Crippen LogP contribution in [0.4, 0.5) is 0 Å². The predicted molar refractivity (Wildman–Crippen MR) is 100 cm³/mol. The second-order valence-corrected chi connectivity index (χ2v) is 7.34. The molecule has 2 nitrogen and oxygen atoms in total. The largest absolute Gasteiger partial charge is 0.462 e. The Morgan fingerprint density at radius 2 is 1.58 bits per heavy atom. The Balaban J connectivity index is 1.68. The van der Waals surface area contributed by atoms with Gasteiger partial charge < -0.3 is 4.74 Å². The number of hydrogen-bond donors (Lipinski definition) is 0. The molecular weight excluding hydrogens is 296 g/mol. The van der Waals surface area contributed by atoms with E-state index in [1.165, 1.54) is 63.4 Å². The summed E-state index contributed by atoms with van der Waals surface area (Å²) in [7, 11) is 0. The minimum absolute atomic E-state index is 0.217. The number of unbranched alkanes of at least 4 members (excludes halogenated alkanes) is 2. The van der Waals surface area contributed by atoms with Gasteiger partial charge in [0.15, 0.2) is 0 Å². The van der Waals surface area contributed by atoms with Crippen LogP contribution in [0.1, 0.15) is 87.6 Å². The minimum Gasteiger partial charge on any atom is -0.462 e. The first-order valence-corrected chi connectivity index (χ1v) is 9.99. The van der Waals surface area contributed by atoms with Gasteiger partial charge in [-0.3, -0.25) is 0 Å². The molecule has 0 bridgehead atoms. The van der Waals surface area contributed by atoms with Gasteiger partial charge in [-0.1, -0.05) is 70.4 Å². The SMILES string of the molecule is CCCCC[C@H]1CC[C@H](CCc2ccc(C(=O)OCC)cc2)CC1. The van der Waals surface area contributed by atoms with Crippen LogP contribution in [0.25, 0.3) is 0 Å². The number of rotatable bonds is 9. The molecule has 1 fully saturated rings. The summed E-state index contributed by atoms with van der Waals surface area (Å²) in [5, 5.41) is 0. The fourth-order valence-electron chi connectivity index (χ4n) is 3.88. The molecule has 0 amide bonds. The molecule has 0 radical (unpaired) electrons. The first-order chi connectivity index (χ1) is 11.7. The average molecular weight is 331 g/mol. The van der Waals surface area contributed by atoms with E-state index < -0.39 is 0 Å². The molecule has 0 aromatic heterocycles. The number of aryl methyl sites for hydroxylation is 1. The van der Waals surface area contributed by atoms with Crippen molar-refractivity contribution in [3.05, 3.63) is 35.4 Å². The Morgan fingerprint density at radius 1 is 0.958 bits per heavy atom. The molecule has 0 unspecified atom stereocenters. The summed E-state index contributed by atoms with van der Waals surface area (Å²) in [5.74, 6) is 1.68. The summed E-state index contributed by atoms with van der Waals surface area (Å²) in [4.78, 5) is 11.7. The number of benzene rings is 1. The Bertz CT molecular complexity index is 469. The Kier molecular flexibility index (Phi) is 8.35. The smallest absolute Gasteiger partial charge is 0.338 e. The fraction of sp³-hybridized carbons (Fsp3) is 0.682. The second-order valence-electron chi connectivity index (χ2n) is 7.34. The van der Waals surface area contributed by atoms with Crippen LogP contribution < -0.4 is 0 Å². The molecule has 134 valence electrons. The molecule has 0 atom stereocenters. The van der Waals surface area contributed by atoms with Crippen LogP contribution >= 0.6 is 0 Å². The lowest BCUT2D eigenvalue weighted by molar-refractivity contribution is 0.0526. The highest BCUT2D eigenvalue weighted by Crippen LogP contribution is 2.34. The average Bonchev–Trinajstić information content (AvgIpc) is 2.62. The molecule has 1 aromatic rings. The molecule has 1 aromatic carbocycles. The summed E-state index contributed by atoms with van der Waals surface area (Å²) in [6.07, 6.45) is 13.8. The Hall–Kier alpha value is -1.31. The van der Waals surface area contributed by atoms with Gasteiger partial charge in [-0.25, -0.2) is 4.79 Å². The molecule has 0 heterocycles. The highest BCUT2D eigenvalue weighted by molar-refractivity contribution is 5.89. The number of hydrogen-bond acceptors (Lipinski definition) is 2. The van der Waals surface area contributed by atoms with Crippen molar-refractivity contribution in [2.75, 3.05) is 6.61 Å². The van der Waals surface area contributed by atoms with Gasteiger partial charge in [0.05, 0.1) is 12.2 Å². The van der Waals surface area contributed by atoms with E-state index in [1.54, 1.807) is 0 Å². The van der Waals surface area contributed by atoms with Crippen LogP contribution in [-0.4, -0.2) is 12.6 Å². The van der Waals surface area contributed by atoms with Crippen LogP contribution in [-0.2, 0) is 11.2 Å². The van der Waals surface area contributed by atoms with Gasteiger partial charge in [-0.15, -0.1) is 0 Å². The molecule has 1 saturated carbocycles. The van der Waals surface area contributed by atoms with Gasteiger partial charge in [-0.05, 0) is 49.3 Å². The summed E-state index contributed by atoms with van der Waals surface area (Å²) in [6, 6.07) is 7.97. The van der Waals surface area contributed by atoms with Gasteiger partial charge in [0.1, 0.15) is 0 Å². The third-order valence-electron chi connectivity index (χ3n) is 5.49. The van der Waals surface area contributed by atoms with E-state index in [4.69, 9.17) is 4.74 Å². The van der Waals surface area contributed by atoms with Crippen molar-refractivity contribution >= 4 is 5.97 Å². The number of carbonyl (C=O) groups is 1. The van der Waals surface area contributed by atoms with E-state index >= 15 is 0 Å². The van der Waals surface area contributed by atoms with Gasteiger partial charge in [0.2, 0.25) is 0 Å². The third-order valence-corrected chi connectivity index (χ3v) is 5.49. The molecule has 2 rings (SSSR count). The van der Waals surface area contributed by atoms with E-state index in [-0.39, 0.29) is 5.97 Å². The summed E-state index contributed by atoms with van der Waals surface area (Å²) < 4.78 is 5.03. The Labute approximate surface area is 148 Å². The summed E-state index contributed by atoms with van der Waals surface area (Å²) in [5.41, 5.74) is 2.00. The highest BCUT2D eigenvalue weighted by Gasteiger charge is 2.20. The van der Waals surface area contributed by atoms with Crippen molar-refractivity contribution in [2.24, 2.45) is 11.8 Å². The molecule has 0 saturated heterocycles. The van der Waals surface area contributed by atoms with Crippen LogP contribution in [0, 0.1) is 11.8 Å². The van der Waals surface area contributed by atoms with Gasteiger partial charge in [-0.2, -0.15) is 0 Å². The zero-order chi connectivity index (χ0) is 17.2. The lowest BCUT2D eigenvalue weighted by Crippen LogP contribution is -2.15. The van der Waals surface area contributed by atoms with Gasteiger partial charge in [0.25, 0.3) is 0 Å². The quantitative estimate of drug-likeness (QED) is 0.399. The number of carbonyl (C=O) groups excluding carboxylic acids is 1. The summed E-state index contributed by atoms with van der Waals surface area (Å²) in [6.45, 7) is 4.56. The highest BCUT2D eigenvalue weighted by atomic mass is 16.5. The van der Waals surface area contributed by atoms with Gasteiger partial charge in [0, 0.05) is 0 Å². The van der Waals surface area contributed by atoms with E-state index in [0.717, 1.165) is 18.3 Å². The third kappa shape index (κ3) is 6.30. The van der Waals surface area contributed by atoms with Crippen molar-refractivity contribution in [3.8, 4) is 0 Å². The molecule has 0 aliphatic heterocycles. The van der Waals surface area contributed by atoms with Crippen LogP contribution in [0.3, 0.4) is 0 Å². The second kappa shape index (κ2) is 10.5. The normalized spacial score (nSPS) is 20.8. The van der Waals surface area contributed by atoms with Crippen molar-refractivity contribution in [2.45, 2.75) is 78.1 Å². The fourth-order valence-corrected chi connectivity index (χ4v) is 3.88. The molecule has 24 heavy (non-hydrogen) atoms. The molecule has 0 spiro atoms. The number of ether oxygens (including phenoxy) is 1. The lowest BCUT2D eigenvalue weighted by Gasteiger charge is -2.28. The lowest BCUT2D eigenvalue weighted by atomic mass is 9.78. The predicted octanol–water partition coefficient (Wildman–Crippen LogP) is 6.18. The molecule has 2 heteroatoms. The minimum atomic E-state index is -0.217. The molecule has 1 aliphatic carbocycles. The van der Waals surface area contributed by atoms with Crippen LogP contribution in [0.15, 0.2) is 24.3 Å². The maximum Gasteiger partial charge on any atom is 0.338 e. The monoisotopic (exact) mass is 330 g/mol. The zero-order valence-electron chi connectivity index (χ0n) is 15.6. The van der Waals surface area contributed by atoms with Crippen molar-refractivity contribution in [1.82, 2.24) is 0 Å². The molecular formula is C22H34O2. The maximum absolute atomic E-state index is 11.7. The topological polar surface area (TPSA) is 26.3 Å². The van der Waals surface area contributed by atoms with Crippen molar-refractivity contribution in [1.29, 1.82) is 0 Å². The first-order valence-electron chi connectivity index (χ1n) is 9.99. The first kappa shape index (κ1) is 19.0. The standard InChI is InChI=1S/C22H34O2/c1-3-5-6-7-18-8-10-19(11-9-18)12-13-20-14-16-21(17-15-20)22(23)24-4-2/h14-19H,3-13H2,1-2H3/t18-,19-. The maximum atomic E-state index is 11.7. The van der Waals surface area contributed by atoms with Crippen molar-refractivity contribution < 1.29 is 9.53 Å².